The summed E-state index contributed by atoms with van der Waals surface area (Å²) in [5.41, 5.74) is -0.147. The average Bonchev–Trinajstić information content (AvgIpc) is 3.03. The quantitative estimate of drug-likeness (QED) is 0.894. The van der Waals surface area contributed by atoms with Gasteiger partial charge < -0.3 is 10.2 Å². The summed E-state index contributed by atoms with van der Waals surface area (Å²) in [6, 6.07) is 12.8. The molecule has 8 heteroatoms. The number of anilines is 2. The van der Waals surface area contributed by atoms with Gasteiger partial charge in [-0.2, -0.15) is 18.4 Å². The molecule has 1 aliphatic rings. The molecule has 138 valence electrons. The molecular weight excluding hydrogens is 359 g/mol. The van der Waals surface area contributed by atoms with Crippen LogP contribution in [-0.2, 0) is 15.8 Å². The van der Waals surface area contributed by atoms with Crippen LogP contribution >= 0.6 is 0 Å². The highest BCUT2D eigenvalue weighted by Gasteiger charge is 2.37. The molecule has 2 aromatic carbocycles. The fourth-order valence-corrected chi connectivity index (χ4v) is 2.91. The van der Waals surface area contributed by atoms with E-state index in [0.717, 1.165) is 12.1 Å². The molecule has 0 saturated carbocycles. The first kappa shape index (κ1) is 18.5. The van der Waals surface area contributed by atoms with Gasteiger partial charge in [-0.05, 0) is 30.3 Å². The highest BCUT2D eigenvalue weighted by atomic mass is 19.4. The van der Waals surface area contributed by atoms with Crippen molar-refractivity contribution in [3.63, 3.8) is 0 Å². The van der Waals surface area contributed by atoms with Crippen LogP contribution in [0.15, 0.2) is 48.5 Å². The van der Waals surface area contributed by atoms with Gasteiger partial charge in [-0.1, -0.05) is 18.2 Å². The third-order valence-electron chi connectivity index (χ3n) is 4.29. The van der Waals surface area contributed by atoms with Crippen LogP contribution in [0.5, 0.6) is 0 Å². The zero-order valence-corrected chi connectivity index (χ0v) is 14.0. The van der Waals surface area contributed by atoms with Crippen molar-refractivity contribution < 1.29 is 22.8 Å². The second-order valence-electron chi connectivity index (χ2n) is 6.10. The summed E-state index contributed by atoms with van der Waals surface area (Å²) in [5, 5.41) is 11.7. The van der Waals surface area contributed by atoms with E-state index >= 15 is 0 Å². The van der Waals surface area contributed by atoms with Crippen molar-refractivity contribution in [3.8, 4) is 6.07 Å². The Kier molecular flexibility index (Phi) is 4.86. The molecule has 0 radical (unpaired) electrons. The smallest absolute Gasteiger partial charge is 0.325 e. The van der Waals surface area contributed by atoms with Gasteiger partial charge in [0.05, 0.1) is 22.7 Å². The summed E-state index contributed by atoms with van der Waals surface area (Å²) < 4.78 is 38.6. The van der Waals surface area contributed by atoms with E-state index in [0.29, 0.717) is 5.69 Å². The highest BCUT2D eigenvalue weighted by Crippen LogP contribution is 2.33. The Morgan fingerprint density at radius 1 is 1.19 bits per heavy atom. The molecule has 1 unspecified atom stereocenters. The van der Waals surface area contributed by atoms with E-state index in [-0.39, 0.29) is 24.2 Å². The molecule has 27 heavy (non-hydrogen) atoms. The second-order valence-corrected chi connectivity index (χ2v) is 6.10. The molecule has 0 aliphatic carbocycles. The van der Waals surface area contributed by atoms with E-state index in [1.54, 1.807) is 24.3 Å². The minimum atomic E-state index is -4.52. The number of amides is 2. The predicted octanol–water partition coefficient (Wildman–Crippen LogP) is 3.57. The van der Waals surface area contributed by atoms with Crippen molar-refractivity contribution >= 4 is 23.2 Å². The number of alkyl halides is 3. The number of para-hydroxylation sites is 1. The number of rotatable bonds is 3. The molecule has 1 fully saturated rings. The van der Waals surface area contributed by atoms with E-state index in [1.807, 2.05) is 6.07 Å². The van der Waals surface area contributed by atoms with E-state index in [4.69, 9.17) is 5.26 Å². The van der Waals surface area contributed by atoms with Gasteiger partial charge >= 0.3 is 6.18 Å². The Morgan fingerprint density at radius 2 is 1.93 bits per heavy atom. The molecule has 2 amide bonds. The number of benzene rings is 2. The van der Waals surface area contributed by atoms with Gasteiger partial charge in [0.15, 0.2) is 0 Å². The summed E-state index contributed by atoms with van der Waals surface area (Å²) in [4.78, 5) is 25.9. The van der Waals surface area contributed by atoms with Crippen LogP contribution in [0.3, 0.4) is 0 Å². The van der Waals surface area contributed by atoms with Gasteiger partial charge in [0.1, 0.15) is 6.07 Å². The molecule has 0 bridgehead atoms. The second kappa shape index (κ2) is 7.11. The maximum Gasteiger partial charge on any atom is 0.416 e. The number of halogens is 3. The highest BCUT2D eigenvalue weighted by molar-refractivity contribution is 6.03. The van der Waals surface area contributed by atoms with Crippen molar-refractivity contribution in [1.82, 2.24) is 0 Å². The zero-order valence-electron chi connectivity index (χ0n) is 14.0. The largest absolute Gasteiger partial charge is 0.416 e. The van der Waals surface area contributed by atoms with Crippen molar-refractivity contribution in [3.05, 3.63) is 59.7 Å². The molecule has 5 nitrogen and oxygen atoms in total. The molecule has 1 heterocycles. The minimum absolute atomic E-state index is 0.0271. The van der Waals surface area contributed by atoms with Crippen molar-refractivity contribution in [1.29, 1.82) is 5.26 Å². The lowest BCUT2D eigenvalue weighted by Crippen LogP contribution is -2.28. The molecule has 1 aliphatic heterocycles. The number of nitrogens with one attached hydrogen (secondary N) is 1. The first-order chi connectivity index (χ1) is 12.8. The van der Waals surface area contributed by atoms with Gasteiger partial charge in [0.2, 0.25) is 11.8 Å². The molecular formula is C19H14F3N3O2. The lowest BCUT2D eigenvalue weighted by molar-refractivity contribution is -0.137. The summed E-state index contributed by atoms with van der Waals surface area (Å²) in [7, 11) is 0. The zero-order chi connectivity index (χ0) is 19.6. The van der Waals surface area contributed by atoms with Crippen LogP contribution in [0, 0.1) is 17.2 Å². The van der Waals surface area contributed by atoms with Crippen molar-refractivity contribution in [2.75, 3.05) is 16.8 Å². The van der Waals surface area contributed by atoms with Crippen LogP contribution < -0.4 is 10.2 Å². The first-order valence-electron chi connectivity index (χ1n) is 8.07. The molecule has 3 rings (SSSR count). The van der Waals surface area contributed by atoms with E-state index in [9.17, 15) is 22.8 Å². The Morgan fingerprint density at radius 3 is 2.63 bits per heavy atom. The predicted molar refractivity (Wildman–Crippen MR) is 91.7 cm³/mol. The third kappa shape index (κ3) is 3.92. The Bertz CT molecular complexity index is 934. The maximum atomic E-state index is 12.9. The average molecular weight is 373 g/mol. The lowest BCUT2D eigenvalue weighted by Gasteiger charge is -2.18. The molecule has 2 aromatic rings. The number of hydrogen-bond donors (Lipinski definition) is 1. The topological polar surface area (TPSA) is 73.2 Å². The van der Waals surface area contributed by atoms with Crippen LogP contribution in [0.4, 0.5) is 24.5 Å². The normalized spacial score (nSPS) is 16.9. The van der Waals surface area contributed by atoms with Gasteiger partial charge in [0, 0.05) is 18.7 Å². The molecule has 1 N–H and O–H groups in total. The van der Waals surface area contributed by atoms with E-state index < -0.39 is 29.5 Å². The molecule has 0 spiro atoms. The van der Waals surface area contributed by atoms with Gasteiger partial charge in [-0.3, -0.25) is 9.59 Å². The van der Waals surface area contributed by atoms with Gasteiger partial charge in [-0.25, -0.2) is 0 Å². The monoisotopic (exact) mass is 373 g/mol. The minimum Gasteiger partial charge on any atom is -0.325 e. The fraction of sp³-hybridized carbons (Fsp3) is 0.211. The van der Waals surface area contributed by atoms with Crippen LogP contribution in [-0.4, -0.2) is 18.4 Å². The maximum absolute atomic E-state index is 12.9. The standard InChI is InChI=1S/C19H14F3N3O2/c20-19(21,22)14-5-3-6-15(9-14)25-11-13(8-17(25)26)18(27)24-16-7-2-1-4-12(16)10-23/h1-7,9,13H,8,11H2,(H,24,27). The lowest BCUT2D eigenvalue weighted by atomic mass is 10.1. The van der Waals surface area contributed by atoms with Gasteiger partial charge in [0.25, 0.3) is 0 Å². The summed E-state index contributed by atoms with van der Waals surface area (Å²) in [5.74, 6) is -1.61. The number of hydrogen-bond acceptors (Lipinski definition) is 3. The fourth-order valence-electron chi connectivity index (χ4n) is 2.91. The molecule has 1 saturated heterocycles. The summed E-state index contributed by atoms with van der Waals surface area (Å²) in [6.45, 7) is -0.0271. The van der Waals surface area contributed by atoms with E-state index in [1.165, 1.54) is 17.0 Å². The van der Waals surface area contributed by atoms with Crippen molar-refractivity contribution in [2.24, 2.45) is 5.92 Å². The summed E-state index contributed by atoms with van der Waals surface area (Å²) in [6.07, 6.45) is -4.63. The molecule has 0 aromatic heterocycles. The number of carbonyl (C=O) groups excluding carboxylic acids is 2. The van der Waals surface area contributed by atoms with Crippen LogP contribution in [0.1, 0.15) is 17.5 Å². The Labute approximate surface area is 153 Å². The number of carbonyl (C=O) groups is 2. The van der Waals surface area contributed by atoms with E-state index in [2.05, 4.69) is 5.32 Å². The first-order valence-corrected chi connectivity index (χ1v) is 8.07. The van der Waals surface area contributed by atoms with Crippen LogP contribution in [0.25, 0.3) is 0 Å². The summed E-state index contributed by atoms with van der Waals surface area (Å²) >= 11 is 0. The third-order valence-corrected chi connectivity index (χ3v) is 4.29. The van der Waals surface area contributed by atoms with Crippen molar-refractivity contribution in [2.45, 2.75) is 12.6 Å². The Hall–Kier alpha value is -3.34. The van der Waals surface area contributed by atoms with Crippen LogP contribution in [0.2, 0.25) is 0 Å². The molecule has 1 atom stereocenters. The van der Waals surface area contributed by atoms with Gasteiger partial charge in [-0.15, -0.1) is 0 Å². The Balaban J connectivity index is 1.76. The number of nitriles is 1. The SMILES string of the molecule is N#Cc1ccccc1NC(=O)C1CC(=O)N(c2cccc(C(F)(F)F)c2)C1. The number of nitrogens with zero attached hydrogens (tertiary/aromatic N) is 2.